The average Bonchev–Trinajstić information content (AvgIpc) is 3.36. The Morgan fingerprint density at radius 1 is 1.32 bits per heavy atom. The van der Waals surface area contributed by atoms with Crippen molar-refractivity contribution in [2.75, 3.05) is 13.1 Å². The van der Waals surface area contributed by atoms with Crippen molar-refractivity contribution in [2.45, 2.75) is 19.4 Å². The van der Waals surface area contributed by atoms with Gasteiger partial charge in [-0.1, -0.05) is 29.4 Å². The van der Waals surface area contributed by atoms with E-state index in [1.54, 1.807) is 29.2 Å². The lowest BCUT2D eigenvalue weighted by atomic mass is 10.2. The first kappa shape index (κ1) is 17.0. The molecule has 1 aliphatic rings. The molecule has 6 heteroatoms. The van der Waals surface area contributed by atoms with Gasteiger partial charge >= 0.3 is 0 Å². The van der Waals surface area contributed by atoms with Crippen LogP contribution < -0.4 is 5.32 Å². The molecule has 2 amide bonds. The Kier molecular flexibility index (Phi) is 5.28. The van der Waals surface area contributed by atoms with Crippen LogP contribution in [0.25, 0.3) is 0 Å². The quantitative estimate of drug-likeness (QED) is 0.750. The third-order valence-electron chi connectivity index (χ3n) is 4.04. The normalized spacial score (nSPS) is 13.3. The van der Waals surface area contributed by atoms with Gasteiger partial charge in [0.25, 0.3) is 11.8 Å². The van der Waals surface area contributed by atoms with E-state index in [1.807, 2.05) is 18.2 Å². The fourth-order valence-corrected chi connectivity index (χ4v) is 2.47. The van der Waals surface area contributed by atoms with Gasteiger partial charge in [-0.05, 0) is 30.9 Å². The highest BCUT2D eigenvalue weighted by atomic mass is 16.5. The maximum Gasteiger partial charge on any atom is 0.273 e. The van der Waals surface area contributed by atoms with Crippen LogP contribution in [0.5, 0.6) is 0 Å². The Hall–Kier alpha value is -2.89. The van der Waals surface area contributed by atoms with E-state index < -0.39 is 0 Å². The molecule has 3 rings (SSSR count). The number of hydrogen-bond donors (Lipinski definition) is 1. The van der Waals surface area contributed by atoms with E-state index in [4.69, 9.17) is 4.52 Å². The van der Waals surface area contributed by atoms with Crippen LogP contribution >= 0.6 is 0 Å². The first-order chi connectivity index (χ1) is 12.2. The number of aromatic nitrogens is 1. The van der Waals surface area contributed by atoms with Gasteiger partial charge in [0.1, 0.15) is 0 Å². The summed E-state index contributed by atoms with van der Waals surface area (Å²) >= 11 is 0. The van der Waals surface area contributed by atoms with Crippen LogP contribution in [0.4, 0.5) is 0 Å². The molecular formula is C19H21N3O3. The standard InChI is InChI=1S/C19H21N3O3/c1-2-10-22(19(24)15-6-4-3-5-7-15)13-16-11-17(21-25-16)18(23)20-12-14-8-9-14/h2-7,11,14H,1,8-10,12-13H2,(H,20,23). The average molecular weight is 339 g/mol. The van der Waals surface area contributed by atoms with Crippen LogP contribution in [0.3, 0.4) is 0 Å². The van der Waals surface area contributed by atoms with Gasteiger partial charge < -0.3 is 14.7 Å². The molecule has 0 atom stereocenters. The summed E-state index contributed by atoms with van der Waals surface area (Å²) < 4.78 is 5.23. The Morgan fingerprint density at radius 2 is 2.08 bits per heavy atom. The molecule has 1 N–H and O–H groups in total. The molecule has 0 bridgehead atoms. The van der Waals surface area contributed by atoms with Gasteiger partial charge in [-0.3, -0.25) is 9.59 Å². The molecule has 0 radical (unpaired) electrons. The number of benzene rings is 1. The zero-order valence-electron chi connectivity index (χ0n) is 14.0. The highest BCUT2D eigenvalue weighted by Gasteiger charge is 2.23. The van der Waals surface area contributed by atoms with Crippen molar-refractivity contribution in [3.05, 3.63) is 66.1 Å². The summed E-state index contributed by atoms with van der Waals surface area (Å²) in [5, 5.41) is 6.65. The second-order valence-electron chi connectivity index (χ2n) is 6.17. The first-order valence-corrected chi connectivity index (χ1v) is 8.36. The van der Waals surface area contributed by atoms with Crippen molar-refractivity contribution in [1.29, 1.82) is 0 Å². The van der Waals surface area contributed by atoms with Crippen LogP contribution in [0, 0.1) is 5.92 Å². The summed E-state index contributed by atoms with van der Waals surface area (Å²) in [6.45, 7) is 4.97. The van der Waals surface area contributed by atoms with Crippen molar-refractivity contribution in [3.63, 3.8) is 0 Å². The summed E-state index contributed by atoms with van der Waals surface area (Å²) in [5.41, 5.74) is 0.827. The summed E-state index contributed by atoms with van der Waals surface area (Å²) in [5.74, 6) is 0.688. The highest BCUT2D eigenvalue weighted by molar-refractivity contribution is 5.94. The molecule has 1 saturated carbocycles. The molecule has 1 aromatic heterocycles. The minimum Gasteiger partial charge on any atom is -0.359 e. The molecule has 25 heavy (non-hydrogen) atoms. The lowest BCUT2D eigenvalue weighted by molar-refractivity contribution is 0.0747. The summed E-state index contributed by atoms with van der Waals surface area (Å²) in [4.78, 5) is 26.2. The number of carbonyl (C=O) groups excluding carboxylic acids is 2. The largest absolute Gasteiger partial charge is 0.359 e. The summed E-state index contributed by atoms with van der Waals surface area (Å²) in [6.07, 6.45) is 3.99. The number of hydrogen-bond acceptors (Lipinski definition) is 4. The van der Waals surface area contributed by atoms with Gasteiger partial charge in [0.05, 0.1) is 6.54 Å². The Bertz CT molecular complexity index is 750. The molecule has 0 aliphatic heterocycles. The van der Waals surface area contributed by atoms with E-state index in [0.29, 0.717) is 30.3 Å². The van der Waals surface area contributed by atoms with Gasteiger partial charge in [-0.25, -0.2) is 0 Å². The predicted molar refractivity (Wildman–Crippen MR) is 92.9 cm³/mol. The summed E-state index contributed by atoms with van der Waals surface area (Å²) in [6, 6.07) is 10.6. The van der Waals surface area contributed by atoms with E-state index in [1.165, 1.54) is 12.8 Å². The fraction of sp³-hybridized carbons (Fsp3) is 0.316. The molecule has 1 fully saturated rings. The number of nitrogens with zero attached hydrogens (tertiary/aromatic N) is 2. The second kappa shape index (κ2) is 7.79. The van der Waals surface area contributed by atoms with Crippen LogP contribution in [-0.2, 0) is 6.54 Å². The van der Waals surface area contributed by atoms with Crippen molar-refractivity contribution in [2.24, 2.45) is 5.92 Å². The van der Waals surface area contributed by atoms with E-state index in [9.17, 15) is 9.59 Å². The lowest BCUT2D eigenvalue weighted by Crippen LogP contribution is -2.30. The van der Waals surface area contributed by atoms with Crippen LogP contribution in [0.1, 0.15) is 39.4 Å². The molecule has 1 aliphatic carbocycles. The molecule has 1 aromatic carbocycles. The molecule has 0 saturated heterocycles. The van der Waals surface area contributed by atoms with Gasteiger partial charge in [0.15, 0.2) is 11.5 Å². The van der Waals surface area contributed by atoms with Crippen LogP contribution in [0.2, 0.25) is 0 Å². The van der Waals surface area contributed by atoms with E-state index in [2.05, 4.69) is 17.1 Å². The first-order valence-electron chi connectivity index (χ1n) is 8.36. The third kappa shape index (κ3) is 4.56. The minimum atomic E-state index is -0.244. The van der Waals surface area contributed by atoms with Gasteiger partial charge in [-0.2, -0.15) is 0 Å². The smallest absolute Gasteiger partial charge is 0.273 e. The second-order valence-corrected chi connectivity index (χ2v) is 6.17. The zero-order chi connectivity index (χ0) is 17.6. The third-order valence-corrected chi connectivity index (χ3v) is 4.04. The van der Waals surface area contributed by atoms with Crippen molar-refractivity contribution in [3.8, 4) is 0 Å². The van der Waals surface area contributed by atoms with E-state index in [-0.39, 0.29) is 24.1 Å². The van der Waals surface area contributed by atoms with Gasteiger partial charge in [0.2, 0.25) is 0 Å². The molecule has 6 nitrogen and oxygen atoms in total. The van der Waals surface area contributed by atoms with Crippen molar-refractivity contribution < 1.29 is 14.1 Å². The van der Waals surface area contributed by atoms with E-state index >= 15 is 0 Å². The molecular weight excluding hydrogens is 318 g/mol. The van der Waals surface area contributed by atoms with Crippen molar-refractivity contribution >= 4 is 11.8 Å². The molecule has 0 unspecified atom stereocenters. The number of amides is 2. The van der Waals surface area contributed by atoms with Crippen LogP contribution in [0.15, 0.2) is 53.6 Å². The van der Waals surface area contributed by atoms with Gasteiger partial charge in [-0.15, -0.1) is 6.58 Å². The molecule has 130 valence electrons. The fourth-order valence-electron chi connectivity index (χ4n) is 2.47. The van der Waals surface area contributed by atoms with Gasteiger partial charge in [0, 0.05) is 24.7 Å². The maximum atomic E-state index is 12.6. The number of carbonyl (C=O) groups is 2. The number of rotatable bonds is 8. The topological polar surface area (TPSA) is 75.4 Å². The SMILES string of the molecule is C=CCN(Cc1cc(C(=O)NCC2CC2)no1)C(=O)c1ccccc1. The van der Waals surface area contributed by atoms with Crippen LogP contribution in [-0.4, -0.2) is 35.0 Å². The minimum absolute atomic E-state index is 0.128. The lowest BCUT2D eigenvalue weighted by Gasteiger charge is -2.19. The predicted octanol–water partition coefficient (Wildman–Crippen LogP) is 2.64. The number of nitrogens with one attached hydrogen (secondary N) is 1. The highest BCUT2D eigenvalue weighted by Crippen LogP contribution is 2.27. The zero-order valence-corrected chi connectivity index (χ0v) is 14.0. The Labute approximate surface area is 146 Å². The monoisotopic (exact) mass is 339 g/mol. The molecule has 2 aromatic rings. The Balaban J connectivity index is 1.64. The Morgan fingerprint density at radius 3 is 2.76 bits per heavy atom. The van der Waals surface area contributed by atoms with E-state index in [0.717, 1.165) is 0 Å². The van der Waals surface area contributed by atoms with Crippen molar-refractivity contribution in [1.82, 2.24) is 15.4 Å². The summed E-state index contributed by atoms with van der Waals surface area (Å²) in [7, 11) is 0. The molecule has 1 heterocycles. The maximum absolute atomic E-state index is 12.6. The molecule has 0 spiro atoms.